The van der Waals surface area contributed by atoms with Crippen molar-refractivity contribution < 1.29 is 0 Å². The van der Waals surface area contributed by atoms with Crippen LogP contribution in [0.25, 0.3) is 0 Å². The molecule has 0 spiro atoms. The Morgan fingerprint density at radius 3 is 2.61 bits per heavy atom. The molecule has 3 heteroatoms. The van der Waals surface area contributed by atoms with Crippen molar-refractivity contribution in [1.82, 2.24) is 9.88 Å². The number of rotatable bonds is 7. The van der Waals surface area contributed by atoms with Crippen LogP contribution in [0.3, 0.4) is 0 Å². The van der Waals surface area contributed by atoms with E-state index in [4.69, 9.17) is 0 Å². The van der Waals surface area contributed by atoms with Crippen LogP contribution in [-0.4, -0.2) is 29.5 Å². The fourth-order valence-electron chi connectivity index (χ4n) is 1.83. The summed E-state index contributed by atoms with van der Waals surface area (Å²) in [6, 6.07) is 6.78. The zero-order valence-electron chi connectivity index (χ0n) is 12.4. The zero-order valence-corrected chi connectivity index (χ0v) is 12.4. The van der Waals surface area contributed by atoms with E-state index in [1.165, 1.54) is 0 Å². The molecule has 0 aliphatic rings. The van der Waals surface area contributed by atoms with Gasteiger partial charge < -0.3 is 5.32 Å². The largest absolute Gasteiger partial charge is 0.370 e. The lowest BCUT2D eigenvalue weighted by Gasteiger charge is -2.27. The summed E-state index contributed by atoms with van der Waals surface area (Å²) in [5.74, 6) is 1.65. The number of nitrogens with zero attached hydrogens (tertiary/aromatic N) is 2. The highest BCUT2D eigenvalue weighted by molar-refractivity contribution is 5.35. The first-order valence-corrected chi connectivity index (χ1v) is 6.94. The molecule has 18 heavy (non-hydrogen) atoms. The lowest BCUT2D eigenvalue weighted by atomic mass is 10.1. The number of hydrogen-bond donors (Lipinski definition) is 1. The second-order valence-electron chi connectivity index (χ2n) is 5.34. The van der Waals surface area contributed by atoms with Crippen LogP contribution in [-0.2, 0) is 6.54 Å². The Bertz CT molecular complexity index is 349. The molecular formula is C15H27N3. The smallest absolute Gasteiger partial charge is 0.126 e. The average Bonchev–Trinajstić information content (AvgIpc) is 2.35. The van der Waals surface area contributed by atoms with Gasteiger partial charge in [-0.1, -0.05) is 26.8 Å². The summed E-state index contributed by atoms with van der Waals surface area (Å²) in [6.07, 6.45) is 1.12. The van der Waals surface area contributed by atoms with E-state index in [0.29, 0.717) is 12.0 Å². The van der Waals surface area contributed by atoms with Crippen molar-refractivity contribution in [3.63, 3.8) is 0 Å². The lowest BCUT2D eigenvalue weighted by Crippen LogP contribution is -2.33. The van der Waals surface area contributed by atoms with Crippen LogP contribution < -0.4 is 5.32 Å². The molecule has 0 saturated carbocycles. The van der Waals surface area contributed by atoms with Gasteiger partial charge in [0.25, 0.3) is 0 Å². The van der Waals surface area contributed by atoms with Crippen molar-refractivity contribution >= 4 is 5.82 Å². The lowest BCUT2D eigenvalue weighted by molar-refractivity contribution is 0.198. The summed E-state index contributed by atoms with van der Waals surface area (Å²) < 4.78 is 0. The fraction of sp³-hybridized carbons (Fsp3) is 0.667. The van der Waals surface area contributed by atoms with Gasteiger partial charge in [-0.3, -0.25) is 4.90 Å². The van der Waals surface area contributed by atoms with Gasteiger partial charge in [0.15, 0.2) is 0 Å². The molecule has 1 unspecified atom stereocenters. The molecule has 0 radical (unpaired) electrons. The molecule has 0 bridgehead atoms. The average molecular weight is 249 g/mol. The Kier molecular flexibility index (Phi) is 6.13. The normalized spacial score (nSPS) is 13.1. The van der Waals surface area contributed by atoms with Crippen LogP contribution in [0.15, 0.2) is 18.2 Å². The van der Waals surface area contributed by atoms with E-state index in [1.54, 1.807) is 0 Å². The van der Waals surface area contributed by atoms with Crippen molar-refractivity contribution in [3.8, 4) is 0 Å². The Labute approximate surface area is 112 Å². The van der Waals surface area contributed by atoms with E-state index in [2.05, 4.69) is 62.1 Å². The predicted molar refractivity (Wildman–Crippen MR) is 78.8 cm³/mol. The molecule has 0 aliphatic heterocycles. The molecule has 1 aromatic rings. The minimum atomic E-state index is 0.569. The van der Waals surface area contributed by atoms with Crippen molar-refractivity contribution in [2.45, 2.75) is 46.7 Å². The highest BCUT2D eigenvalue weighted by Crippen LogP contribution is 2.12. The van der Waals surface area contributed by atoms with Crippen molar-refractivity contribution in [2.24, 2.45) is 5.92 Å². The molecule has 0 aliphatic carbocycles. The number of aromatic nitrogens is 1. The van der Waals surface area contributed by atoms with Crippen LogP contribution in [0.4, 0.5) is 5.82 Å². The summed E-state index contributed by atoms with van der Waals surface area (Å²) in [4.78, 5) is 7.00. The van der Waals surface area contributed by atoms with Gasteiger partial charge in [-0.25, -0.2) is 4.98 Å². The van der Waals surface area contributed by atoms with E-state index in [1.807, 2.05) is 6.07 Å². The van der Waals surface area contributed by atoms with Crippen LogP contribution in [0, 0.1) is 5.92 Å². The first kappa shape index (κ1) is 15.0. The highest BCUT2D eigenvalue weighted by Gasteiger charge is 2.13. The molecule has 0 saturated heterocycles. The molecule has 1 N–H and O–H groups in total. The first-order chi connectivity index (χ1) is 8.54. The Hall–Kier alpha value is -1.09. The number of hydrogen-bond acceptors (Lipinski definition) is 3. The third kappa shape index (κ3) is 4.65. The molecule has 1 atom stereocenters. The Morgan fingerprint density at radius 2 is 2.00 bits per heavy atom. The Morgan fingerprint density at radius 1 is 1.28 bits per heavy atom. The van der Waals surface area contributed by atoms with Gasteiger partial charge in [-0.2, -0.15) is 0 Å². The van der Waals surface area contributed by atoms with Crippen molar-refractivity contribution in [2.75, 3.05) is 18.9 Å². The third-order valence-corrected chi connectivity index (χ3v) is 3.43. The molecule has 102 valence electrons. The molecule has 1 heterocycles. The topological polar surface area (TPSA) is 28.2 Å². The van der Waals surface area contributed by atoms with Gasteiger partial charge in [0.2, 0.25) is 0 Å². The van der Waals surface area contributed by atoms with Gasteiger partial charge in [-0.15, -0.1) is 0 Å². The molecule has 1 aromatic heterocycles. The zero-order chi connectivity index (χ0) is 13.5. The standard InChI is InChI=1S/C15H27N3/c1-6-10-16-15-9-7-8-14(17-15)11-18(5)13(4)12(2)3/h7-9,12-13H,6,10-11H2,1-5H3,(H,16,17). The first-order valence-electron chi connectivity index (χ1n) is 6.94. The third-order valence-electron chi connectivity index (χ3n) is 3.43. The van der Waals surface area contributed by atoms with Gasteiger partial charge in [-0.05, 0) is 38.4 Å². The molecule has 3 nitrogen and oxygen atoms in total. The van der Waals surface area contributed by atoms with Crippen molar-refractivity contribution in [1.29, 1.82) is 0 Å². The highest BCUT2D eigenvalue weighted by atomic mass is 15.1. The number of pyridine rings is 1. The van der Waals surface area contributed by atoms with Gasteiger partial charge in [0, 0.05) is 19.1 Å². The summed E-state index contributed by atoms with van der Waals surface area (Å²) in [7, 11) is 2.17. The van der Waals surface area contributed by atoms with Crippen molar-refractivity contribution in [3.05, 3.63) is 23.9 Å². The predicted octanol–water partition coefficient (Wildman–Crippen LogP) is 3.38. The van der Waals surface area contributed by atoms with E-state index in [-0.39, 0.29) is 0 Å². The Balaban J connectivity index is 2.61. The monoisotopic (exact) mass is 249 g/mol. The van der Waals surface area contributed by atoms with Gasteiger partial charge in [0.05, 0.1) is 5.69 Å². The van der Waals surface area contributed by atoms with Crippen LogP contribution in [0.1, 0.15) is 39.8 Å². The minimum absolute atomic E-state index is 0.569. The number of nitrogens with one attached hydrogen (secondary N) is 1. The summed E-state index contributed by atoms with van der Waals surface area (Å²) in [6.45, 7) is 10.8. The maximum Gasteiger partial charge on any atom is 0.126 e. The maximum absolute atomic E-state index is 4.64. The fourth-order valence-corrected chi connectivity index (χ4v) is 1.83. The summed E-state index contributed by atoms with van der Waals surface area (Å²) in [5.41, 5.74) is 1.13. The molecular weight excluding hydrogens is 222 g/mol. The molecule has 1 rings (SSSR count). The maximum atomic E-state index is 4.64. The SMILES string of the molecule is CCCNc1cccc(CN(C)C(C)C(C)C)n1. The minimum Gasteiger partial charge on any atom is -0.370 e. The van der Waals surface area contributed by atoms with E-state index < -0.39 is 0 Å². The number of anilines is 1. The summed E-state index contributed by atoms with van der Waals surface area (Å²) in [5, 5.41) is 3.33. The summed E-state index contributed by atoms with van der Waals surface area (Å²) >= 11 is 0. The van der Waals surface area contributed by atoms with Crippen LogP contribution in [0.2, 0.25) is 0 Å². The molecule has 0 amide bonds. The second kappa shape index (κ2) is 7.37. The second-order valence-corrected chi connectivity index (χ2v) is 5.34. The van der Waals surface area contributed by atoms with E-state index in [0.717, 1.165) is 31.0 Å². The van der Waals surface area contributed by atoms with Gasteiger partial charge >= 0.3 is 0 Å². The van der Waals surface area contributed by atoms with Crippen LogP contribution in [0.5, 0.6) is 0 Å². The molecule has 0 fully saturated rings. The molecule has 0 aromatic carbocycles. The van der Waals surface area contributed by atoms with E-state index in [9.17, 15) is 0 Å². The van der Waals surface area contributed by atoms with Gasteiger partial charge in [0.1, 0.15) is 5.82 Å². The van der Waals surface area contributed by atoms with E-state index >= 15 is 0 Å². The quantitative estimate of drug-likeness (QED) is 0.803. The van der Waals surface area contributed by atoms with Crippen LogP contribution >= 0.6 is 0 Å².